The molecule has 0 saturated carbocycles. The van der Waals surface area contributed by atoms with Gasteiger partial charge in [0, 0.05) is 0 Å². The predicted molar refractivity (Wildman–Crippen MR) is 80.9 cm³/mol. The fourth-order valence-electron chi connectivity index (χ4n) is 2.00. The summed E-state index contributed by atoms with van der Waals surface area (Å²) in [6.45, 7) is 2.57. The number of rotatable bonds is 5. The van der Waals surface area contributed by atoms with Gasteiger partial charge in [0.1, 0.15) is 11.6 Å². The molecule has 0 amide bonds. The van der Waals surface area contributed by atoms with Crippen molar-refractivity contribution < 1.29 is 9.13 Å². The number of nitrogens with two attached hydrogens (primary N) is 1. The van der Waals surface area contributed by atoms with Crippen molar-refractivity contribution in [3.63, 3.8) is 0 Å². The highest BCUT2D eigenvalue weighted by atomic mass is 79.9. The van der Waals surface area contributed by atoms with Crippen LogP contribution in [0.5, 0.6) is 5.75 Å². The molecule has 0 aliphatic rings. The second-order valence-corrected chi connectivity index (χ2v) is 5.13. The Bertz CT molecular complexity index is 575. The molecule has 0 aliphatic carbocycles. The van der Waals surface area contributed by atoms with Crippen LogP contribution in [-0.2, 0) is 0 Å². The van der Waals surface area contributed by atoms with Crippen LogP contribution in [0.1, 0.15) is 24.1 Å². The van der Waals surface area contributed by atoms with E-state index in [-0.39, 0.29) is 11.9 Å². The number of ether oxygens (including phenoxy) is 1. The summed E-state index contributed by atoms with van der Waals surface area (Å²) in [7, 11) is 0. The Balaban J connectivity index is 2.29. The van der Waals surface area contributed by atoms with Crippen LogP contribution in [0.25, 0.3) is 0 Å². The highest BCUT2D eigenvalue weighted by Crippen LogP contribution is 2.26. The van der Waals surface area contributed by atoms with Gasteiger partial charge in [-0.1, -0.05) is 18.2 Å². The van der Waals surface area contributed by atoms with Crippen molar-refractivity contribution in [2.24, 2.45) is 5.84 Å². The van der Waals surface area contributed by atoms with E-state index in [1.54, 1.807) is 12.1 Å². The molecule has 0 bridgehead atoms. The van der Waals surface area contributed by atoms with Gasteiger partial charge in [0.25, 0.3) is 0 Å². The van der Waals surface area contributed by atoms with Crippen LogP contribution in [0.3, 0.4) is 0 Å². The molecule has 20 heavy (non-hydrogen) atoms. The van der Waals surface area contributed by atoms with E-state index >= 15 is 0 Å². The van der Waals surface area contributed by atoms with Crippen LogP contribution in [0.4, 0.5) is 4.39 Å². The summed E-state index contributed by atoms with van der Waals surface area (Å²) in [4.78, 5) is 0. The van der Waals surface area contributed by atoms with E-state index in [9.17, 15) is 4.39 Å². The van der Waals surface area contributed by atoms with Crippen molar-refractivity contribution >= 4 is 15.9 Å². The van der Waals surface area contributed by atoms with Crippen molar-refractivity contribution in [2.45, 2.75) is 13.0 Å². The predicted octanol–water partition coefficient (Wildman–Crippen LogP) is 3.54. The summed E-state index contributed by atoms with van der Waals surface area (Å²) in [5, 5.41) is 0. The first-order valence-electron chi connectivity index (χ1n) is 6.29. The number of hydrazine groups is 1. The van der Waals surface area contributed by atoms with Gasteiger partial charge in [0.2, 0.25) is 0 Å². The van der Waals surface area contributed by atoms with E-state index < -0.39 is 0 Å². The van der Waals surface area contributed by atoms with Crippen LogP contribution < -0.4 is 16.0 Å². The maximum Gasteiger partial charge on any atom is 0.137 e. The lowest BCUT2D eigenvalue weighted by molar-refractivity contribution is 0.340. The van der Waals surface area contributed by atoms with Crippen molar-refractivity contribution in [3.05, 3.63) is 63.9 Å². The van der Waals surface area contributed by atoms with E-state index in [2.05, 4.69) is 21.4 Å². The molecule has 0 spiro atoms. The fourth-order valence-corrected chi connectivity index (χ4v) is 2.40. The molecule has 1 atom stereocenters. The zero-order chi connectivity index (χ0) is 14.5. The molecule has 0 aliphatic heterocycles. The van der Waals surface area contributed by atoms with Gasteiger partial charge in [-0.15, -0.1) is 0 Å². The Kier molecular flexibility index (Phi) is 5.11. The standard InChI is InChI=1S/C15H16BrFN2O/c1-2-20-12-6-3-10(4-7-12)15(19-18)11-5-8-14(17)13(16)9-11/h3-9,15,19H,2,18H2,1H3. The largest absolute Gasteiger partial charge is 0.494 e. The molecule has 3 nitrogen and oxygen atoms in total. The zero-order valence-corrected chi connectivity index (χ0v) is 12.7. The lowest BCUT2D eigenvalue weighted by atomic mass is 9.99. The Morgan fingerprint density at radius 1 is 1.20 bits per heavy atom. The van der Waals surface area contributed by atoms with Gasteiger partial charge in [0.15, 0.2) is 0 Å². The normalized spacial score (nSPS) is 12.2. The molecule has 0 aromatic heterocycles. The maximum absolute atomic E-state index is 13.3. The molecule has 5 heteroatoms. The minimum absolute atomic E-state index is 0.206. The monoisotopic (exact) mass is 338 g/mol. The SMILES string of the molecule is CCOc1ccc(C(NN)c2ccc(F)c(Br)c2)cc1. The Morgan fingerprint density at radius 2 is 1.85 bits per heavy atom. The smallest absolute Gasteiger partial charge is 0.137 e. The number of halogens is 2. The van der Waals surface area contributed by atoms with Crippen LogP contribution in [0.2, 0.25) is 0 Å². The third-order valence-electron chi connectivity index (χ3n) is 2.97. The van der Waals surface area contributed by atoms with Crippen molar-refractivity contribution in [3.8, 4) is 5.75 Å². The van der Waals surface area contributed by atoms with Crippen molar-refractivity contribution in [2.75, 3.05) is 6.61 Å². The zero-order valence-electron chi connectivity index (χ0n) is 11.1. The lowest BCUT2D eigenvalue weighted by Crippen LogP contribution is -2.28. The molecule has 0 fully saturated rings. The van der Waals surface area contributed by atoms with E-state index in [4.69, 9.17) is 10.6 Å². The summed E-state index contributed by atoms with van der Waals surface area (Å²) in [5.74, 6) is 6.15. The molecule has 3 N–H and O–H groups in total. The third-order valence-corrected chi connectivity index (χ3v) is 3.58. The summed E-state index contributed by atoms with van der Waals surface area (Å²) >= 11 is 3.18. The van der Waals surface area contributed by atoms with E-state index in [0.717, 1.165) is 16.9 Å². The molecule has 2 aromatic rings. The first-order chi connectivity index (χ1) is 9.65. The highest BCUT2D eigenvalue weighted by Gasteiger charge is 2.14. The first-order valence-corrected chi connectivity index (χ1v) is 7.08. The molecule has 2 aromatic carbocycles. The summed E-state index contributed by atoms with van der Waals surface area (Å²) < 4.78 is 19.1. The van der Waals surface area contributed by atoms with Gasteiger partial charge in [-0.2, -0.15) is 0 Å². The van der Waals surface area contributed by atoms with Gasteiger partial charge >= 0.3 is 0 Å². The van der Waals surface area contributed by atoms with Crippen LogP contribution in [-0.4, -0.2) is 6.61 Å². The molecule has 1 unspecified atom stereocenters. The average molecular weight is 339 g/mol. The summed E-state index contributed by atoms with van der Waals surface area (Å²) in [6.07, 6.45) is 0. The summed E-state index contributed by atoms with van der Waals surface area (Å²) in [6, 6.07) is 12.3. The molecular formula is C15H16BrFN2O. The number of hydrogen-bond acceptors (Lipinski definition) is 3. The first kappa shape index (κ1) is 15.0. The lowest BCUT2D eigenvalue weighted by Gasteiger charge is -2.17. The Labute approximate surface area is 126 Å². The van der Waals surface area contributed by atoms with Crippen LogP contribution in [0.15, 0.2) is 46.9 Å². The number of benzene rings is 2. The molecule has 0 heterocycles. The van der Waals surface area contributed by atoms with Gasteiger partial charge in [-0.3, -0.25) is 5.84 Å². The molecule has 0 saturated heterocycles. The average Bonchev–Trinajstić information content (AvgIpc) is 2.46. The van der Waals surface area contributed by atoms with Crippen molar-refractivity contribution in [1.29, 1.82) is 0 Å². The Hall–Kier alpha value is -1.43. The highest BCUT2D eigenvalue weighted by molar-refractivity contribution is 9.10. The fraction of sp³-hybridized carbons (Fsp3) is 0.200. The topological polar surface area (TPSA) is 47.3 Å². The van der Waals surface area contributed by atoms with E-state index in [1.165, 1.54) is 6.07 Å². The van der Waals surface area contributed by atoms with Gasteiger partial charge < -0.3 is 4.74 Å². The van der Waals surface area contributed by atoms with Gasteiger partial charge in [-0.25, -0.2) is 9.82 Å². The van der Waals surface area contributed by atoms with Gasteiger partial charge in [-0.05, 0) is 58.2 Å². The summed E-state index contributed by atoms with van der Waals surface area (Å²) in [5.41, 5.74) is 4.61. The minimum atomic E-state index is -0.295. The number of hydrogen-bond donors (Lipinski definition) is 2. The number of nitrogens with one attached hydrogen (secondary N) is 1. The molecule has 0 radical (unpaired) electrons. The quantitative estimate of drug-likeness (QED) is 0.647. The third kappa shape index (κ3) is 3.36. The van der Waals surface area contributed by atoms with Gasteiger partial charge in [0.05, 0.1) is 17.1 Å². The molecule has 2 rings (SSSR count). The van der Waals surface area contributed by atoms with E-state index in [0.29, 0.717) is 11.1 Å². The van der Waals surface area contributed by atoms with Crippen LogP contribution >= 0.6 is 15.9 Å². The second-order valence-electron chi connectivity index (χ2n) is 4.28. The van der Waals surface area contributed by atoms with Crippen LogP contribution in [0, 0.1) is 5.82 Å². The molecule has 106 valence electrons. The van der Waals surface area contributed by atoms with Crippen molar-refractivity contribution in [1.82, 2.24) is 5.43 Å². The van der Waals surface area contributed by atoms with E-state index in [1.807, 2.05) is 31.2 Å². The second kappa shape index (κ2) is 6.83. The maximum atomic E-state index is 13.3. The minimum Gasteiger partial charge on any atom is -0.494 e. The molecular weight excluding hydrogens is 323 g/mol. The Morgan fingerprint density at radius 3 is 2.40 bits per heavy atom.